The molecule has 0 saturated carbocycles. The second kappa shape index (κ2) is 9.43. The average Bonchev–Trinajstić information content (AvgIpc) is 3.32. The van der Waals surface area contributed by atoms with E-state index < -0.39 is 16.9 Å². The molecule has 4 rings (SSSR count). The first-order chi connectivity index (χ1) is 15.5. The van der Waals surface area contributed by atoms with Gasteiger partial charge in [0.1, 0.15) is 23.1 Å². The molecule has 0 aliphatic rings. The average molecular weight is 440 g/mol. The number of benzene rings is 1. The van der Waals surface area contributed by atoms with Crippen molar-refractivity contribution in [2.24, 2.45) is 0 Å². The zero-order valence-electron chi connectivity index (χ0n) is 16.5. The third-order valence-electron chi connectivity index (χ3n) is 4.46. The van der Waals surface area contributed by atoms with Crippen molar-refractivity contribution in [2.45, 2.75) is 0 Å². The minimum atomic E-state index is -1.05. The molecular formula is C20H18F2N8O2. The van der Waals surface area contributed by atoms with E-state index in [2.05, 4.69) is 30.6 Å². The normalized spacial score (nSPS) is 11.9. The predicted molar refractivity (Wildman–Crippen MR) is 111 cm³/mol. The summed E-state index contributed by atoms with van der Waals surface area (Å²) in [4.78, 5) is 16.7. The molecule has 10 nitrogen and oxygen atoms in total. The van der Waals surface area contributed by atoms with Crippen molar-refractivity contribution in [3.63, 3.8) is 0 Å². The van der Waals surface area contributed by atoms with E-state index >= 15 is 0 Å². The van der Waals surface area contributed by atoms with Gasteiger partial charge >= 0.3 is 0 Å². The van der Waals surface area contributed by atoms with Crippen molar-refractivity contribution < 1.29 is 19.2 Å². The van der Waals surface area contributed by atoms with E-state index in [0.717, 1.165) is 12.1 Å². The predicted octanol–water partition coefficient (Wildman–Crippen LogP) is 1.93. The molecule has 1 atom stereocenters. The minimum absolute atomic E-state index is 0.0978. The van der Waals surface area contributed by atoms with Gasteiger partial charge in [-0.25, -0.2) is 33.9 Å². The number of rotatable bonds is 8. The van der Waals surface area contributed by atoms with Crippen LogP contribution in [-0.4, -0.2) is 42.8 Å². The standard InChI is InChI=1S/C20H18F2N8O2/c21-13-1-3-15(16(22)9-13)19-17(29-8-7-23-12-29)11-27-20(28-19)25-6-5-24-18-4-2-14(10-26-18)30(31)32/h1-4,7-12,30-31H,5-6H2,(H,24,26)(H,25,27,28). The summed E-state index contributed by atoms with van der Waals surface area (Å²) in [5.74, 6) is -0.654. The van der Waals surface area contributed by atoms with Crippen molar-refractivity contribution in [2.75, 3.05) is 23.7 Å². The quantitative estimate of drug-likeness (QED) is 0.242. The fraction of sp³-hybridized carbons (Fsp3) is 0.100. The van der Waals surface area contributed by atoms with Gasteiger partial charge < -0.3 is 20.4 Å². The third-order valence-corrected chi connectivity index (χ3v) is 4.46. The van der Waals surface area contributed by atoms with Gasteiger partial charge in [-0.2, -0.15) is 5.23 Å². The number of quaternary nitrogens is 1. The van der Waals surface area contributed by atoms with Crippen molar-refractivity contribution in [3.05, 3.63) is 78.3 Å². The van der Waals surface area contributed by atoms with Gasteiger partial charge in [-0.05, 0) is 18.2 Å². The van der Waals surface area contributed by atoms with Gasteiger partial charge in [-0.1, -0.05) is 0 Å². The first-order valence-corrected chi connectivity index (χ1v) is 9.49. The summed E-state index contributed by atoms with van der Waals surface area (Å²) in [6, 6.07) is 6.31. The molecule has 4 N–H and O–H groups in total. The summed E-state index contributed by atoms with van der Waals surface area (Å²) >= 11 is 0. The van der Waals surface area contributed by atoms with Gasteiger partial charge in [0.15, 0.2) is 5.69 Å². The fourth-order valence-corrected chi connectivity index (χ4v) is 2.92. The second-order valence-electron chi connectivity index (χ2n) is 6.61. The van der Waals surface area contributed by atoms with Crippen LogP contribution >= 0.6 is 0 Å². The maximum atomic E-state index is 14.5. The molecule has 3 heterocycles. The van der Waals surface area contributed by atoms with Crippen LogP contribution in [0.4, 0.5) is 26.2 Å². The number of imidazole rings is 1. The monoisotopic (exact) mass is 440 g/mol. The molecule has 0 aliphatic carbocycles. The maximum Gasteiger partial charge on any atom is 0.223 e. The van der Waals surface area contributed by atoms with Crippen molar-refractivity contribution in [1.29, 1.82) is 0 Å². The van der Waals surface area contributed by atoms with E-state index in [0.29, 0.717) is 24.6 Å². The van der Waals surface area contributed by atoms with Crippen LogP contribution in [0.15, 0.2) is 61.4 Å². The second-order valence-corrected chi connectivity index (χ2v) is 6.61. The molecule has 164 valence electrons. The van der Waals surface area contributed by atoms with Gasteiger partial charge in [0.2, 0.25) is 5.95 Å². The number of halogens is 2. The Hall–Kier alpha value is -4.00. The Morgan fingerprint density at radius 2 is 1.91 bits per heavy atom. The van der Waals surface area contributed by atoms with E-state index in [4.69, 9.17) is 5.21 Å². The lowest BCUT2D eigenvalue weighted by molar-refractivity contribution is -0.991. The largest absolute Gasteiger partial charge is 0.595 e. The van der Waals surface area contributed by atoms with Crippen LogP contribution in [0.5, 0.6) is 0 Å². The molecule has 32 heavy (non-hydrogen) atoms. The van der Waals surface area contributed by atoms with Crippen molar-refractivity contribution in [3.8, 4) is 16.9 Å². The molecule has 0 spiro atoms. The molecule has 0 saturated heterocycles. The van der Waals surface area contributed by atoms with E-state index in [1.165, 1.54) is 30.9 Å². The lowest BCUT2D eigenvalue weighted by atomic mass is 10.1. The lowest BCUT2D eigenvalue weighted by Crippen LogP contribution is -2.99. The molecule has 4 aromatic rings. The molecule has 0 amide bonds. The molecule has 0 aliphatic heterocycles. The Morgan fingerprint density at radius 3 is 2.59 bits per heavy atom. The summed E-state index contributed by atoms with van der Waals surface area (Å²) in [6.07, 6.45) is 7.56. The molecule has 1 unspecified atom stereocenters. The first kappa shape index (κ1) is 21.2. The van der Waals surface area contributed by atoms with Crippen LogP contribution in [0.1, 0.15) is 0 Å². The number of aromatic nitrogens is 5. The Morgan fingerprint density at radius 1 is 1.06 bits per heavy atom. The Bertz CT molecular complexity index is 1190. The van der Waals surface area contributed by atoms with Gasteiger partial charge in [0.05, 0.1) is 24.4 Å². The number of pyridine rings is 1. The molecular weight excluding hydrogens is 422 g/mol. The highest BCUT2D eigenvalue weighted by molar-refractivity contribution is 5.70. The molecule has 3 aromatic heterocycles. The van der Waals surface area contributed by atoms with Crippen LogP contribution in [-0.2, 0) is 0 Å². The highest BCUT2D eigenvalue weighted by Crippen LogP contribution is 2.28. The molecule has 1 aromatic carbocycles. The number of hydrogen-bond acceptors (Lipinski definition) is 8. The highest BCUT2D eigenvalue weighted by atomic mass is 19.1. The SMILES string of the molecule is [O-][NH+](O)c1ccc(NCCNc2ncc(-n3ccnc3)c(-c3ccc(F)cc3F)n2)nc1. The van der Waals surface area contributed by atoms with Crippen LogP contribution in [0.3, 0.4) is 0 Å². The fourth-order valence-electron chi connectivity index (χ4n) is 2.92. The zero-order valence-corrected chi connectivity index (χ0v) is 16.5. The number of nitrogens with zero attached hydrogens (tertiary/aromatic N) is 5. The van der Waals surface area contributed by atoms with Crippen LogP contribution in [0, 0.1) is 16.8 Å². The van der Waals surface area contributed by atoms with Crippen LogP contribution < -0.4 is 15.9 Å². The summed E-state index contributed by atoms with van der Waals surface area (Å²) < 4.78 is 29.5. The summed E-state index contributed by atoms with van der Waals surface area (Å²) in [5.41, 5.74) is 0.985. The van der Waals surface area contributed by atoms with Gasteiger partial charge in [-0.15, -0.1) is 0 Å². The molecule has 12 heteroatoms. The Kier molecular flexibility index (Phi) is 6.26. The Balaban J connectivity index is 1.48. The highest BCUT2D eigenvalue weighted by Gasteiger charge is 2.15. The van der Waals surface area contributed by atoms with Crippen molar-refractivity contribution in [1.82, 2.24) is 24.5 Å². The smallest absolute Gasteiger partial charge is 0.223 e. The summed E-state index contributed by atoms with van der Waals surface area (Å²) in [7, 11) is 0. The van der Waals surface area contributed by atoms with Gasteiger partial charge in [0, 0.05) is 43.2 Å². The zero-order chi connectivity index (χ0) is 22.5. The molecule has 0 fully saturated rings. The number of hydrogen-bond donors (Lipinski definition) is 4. The minimum Gasteiger partial charge on any atom is -0.595 e. The number of nitrogens with one attached hydrogen (secondary N) is 3. The van der Waals surface area contributed by atoms with E-state index in [1.807, 2.05) is 0 Å². The van der Waals surface area contributed by atoms with E-state index in [1.54, 1.807) is 23.0 Å². The molecule has 0 radical (unpaired) electrons. The summed E-state index contributed by atoms with van der Waals surface area (Å²) in [5, 5.41) is 24.8. The molecule has 0 bridgehead atoms. The van der Waals surface area contributed by atoms with Gasteiger partial charge in [-0.3, -0.25) is 0 Å². The lowest BCUT2D eigenvalue weighted by Gasteiger charge is -2.13. The van der Waals surface area contributed by atoms with Crippen molar-refractivity contribution >= 4 is 17.5 Å². The third kappa shape index (κ3) is 4.83. The topological polar surface area (TPSA) is 128 Å². The van der Waals surface area contributed by atoms with E-state index in [-0.39, 0.29) is 22.9 Å². The van der Waals surface area contributed by atoms with Gasteiger partial charge in [0.25, 0.3) is 0 Å². The van der Waals surface area contributed by atoms with Crippen LogP contribution in [0.2, 0.25) is 0 Å². The summed E-state index contributed by atoms with van der Waals surface area (Å²) in [6.45, 7) is 0.838. The van der Waals surface area contributed by atoms with E-state index in [9.17, 15) is 14.0 Å². The van der Waals surface area contributed by atoms with Crippen LogP contribution in [0.25, 0.3) is 16.9 Å². The Labute approximate surface area is 180 Å². The number of anilines is 2. The maximum absolute atomic E-state index is 14.5. The first-order valence-electron chi connectivity index (χ1n) is 9.49.